The van der Waals surface area contributed by atoms with Crippen LogP contribution in [0.1, 0.15) is 48.9 Å². The third kappa shape index (κ3) is 2.88. The Bertz CT molecular complexity index is 734. The van der Waals surface area contributed by atoms with Crippen molar-refractivity contribution in [2.45, 2.75) is 38.5 Å². The van der Waals surface area contributed by atoms with E-state index in [1.165, 1.54) is 50.1 Å². The molecule has 0 atom stereocenters. The van der Waals surface area contributed by atoms with Gasteiger partial charge in [-0.2, -0.15) is 0 Å². The summed E-state index contributed by atoms with van der Waals surface area (Å²) in [4.78, 5) is 12.5. The summed E-state index contributed by atoms with van der Waals surface area (Å²) < 4.78 is 9.65. The van der Waals surface area contributed by atoms with E-state index in [9.17, 15) is 4.79 Å². The fourth-order valence-electron chi connectivity index (χ4n) is 5.84. The Morgan fingerprint density at radius 1 is 1.08 bits per heavy atom. The fraction of sp³-hybridized carbons (Fsp3) is 0.550. The second-order valence-corrected chi connectivity index (χ2v) is 8.97. The maximum absolute atomic E-state index is 12.5. The third-order valence-electron chi connectivity index (χ3n) is 6.45. The van der Waals surface area contributed by atoms with E-state index in [2.05, 4.69) is 9.59 Å². The summed E-state index contributed by atoms with van der Waals surface area (Å²) in [6.07, 6.45) is 8.05. The van der Waals surface area contributed by atoms with Gasteiger partial charge in [-0.1, -0.05) is 16.6 Å². The van der Waals surface area contributed by atoms with Crippen molar-refractivity contribution < 1.29 is 9.53 Å². The van der Waals surface area contributed by atoms with Crippen molar-refractivity contribution in [3.63, 3.8) is 0 Å². The Kier molecular flexibility index (Phi) is 3.66. The van der Waals surface area contributed by atoms with E-state index in [0.29, 0.717) is 12.2 Å². The topological polar surface area (TPSA) is 52.1 Å². The van der Waals surface area contributed by atoms with Gasteiger partial charge in [-0.05, 0) is 79.9 Å². The Morgan fingerprint density at radius 3 is 2.28 bits per heavy atom. The zero-order chi connectivity index (χ0) is 16.9. The van der Waals surface area contributed by atoms with Crippen LogP contribution in [-0.2, 0) is 4.74 Å². The molecule has 0 unspecified atom stereocenters. The number of nitrogens with zero attached hydrogens (tertiary/aromatic N) is 2. The number of benzene rings is 1. The maximum Gasteiger partial charge on any atom is 0.338 e. The number of hydrogen-bond donors (Lipinski definition) is 0. The van der Waals surface area contributed by atoms with Crippen molar-refractivity contribution in [3.8, 4) is 11.3 Å². The number of hydrogen-bond acceptors (Lipinski definition) is 5. The Morgan fingerprint density at radius 2 is 1.72 bits per heavy atom. The molecule has 0 spiro atoms. The second-order valence-electron chi connectivity index (χ2n) is 8.36. The average Bonchev–Trinajstić information content (AvgIpc) is 3.13. The summed E-state index contributed by atoms with van der Waals surface area (Å²) in [7, 11) is 0. The molecule has 0 amide bonds. The van der Waals surface area contributed by atoms with Crippen LogP contribution >= 0.6 is 11.5 Å². The third-order valence-corrected chi connectivity index (χ3v) is 6.96. The normalized spacial score (nSPS) is 32.7. The molecule has 4 bridgehead atoms. The van der Waals surface area contributed by atoms with Gasteiger partial charge in [-0.15, -0.1) is 5.10 Å². The zero-order valence-electron chi connectivity index (χ0n) is 14.2. The first-order valence-corrected chi connectivity index (χ1v) is 10.1. The van der Waals surface area contributed by atoms with E-state index in [4.69, 9.17) is 4.74 Å². The van der Waals surface area contributed by atoms with Crippen LogP contribution in [0.2, 0.25) is 0 Å². The van der Waals surface area contributed by atoms with Gasteiger partial charge < -0.3 is 4.74 Å². The van der Waals surface area contributed by atoms with E-state index < -0.39 is 0 Å². The zero-order valence-corrected chi connectivity index (χ0v) is 15.0. The van der Waals surface area contributed by atoms with Gasteiger partial charge in [0.05, 0.1) is 12.2 Å². The molecule has 1 heterocycles. The lowest BCUT2D eigenvalue weighted by atomic mass is 9.50. The minimum atomic E-state index is -0.196. The molecule has 4 nitrogen and oxygen atoms in total. The highest BCUT2D eigenvalue weighted by atomic mass is 32.1. The number of esters is 1. The molecule has 5 heteroatoms. The van der Waals surface area contributed by atoms with Crippen LogP contribution in [0, 0.1) is 23.2 Å². The van der Waals surface area contributed by atoms with Crippen LogP contribution in [0.4, 0.5) is 0 Å². The lowest BCUT2D eigenvalue weighted by Crippen LogP contribution is -2.48. The standard InChI is InChI=1S/C20H22N2O2S/c23-19(17-3-1-16(2-4-17)18-11-25-22-21-18)24-12-20-8-13-5-14(9-20)7-15(6-13)10-20/h1-4,11,13-15H,5-10,12H2. The number of carbonyl (C=O) groups excluding carboxylic acids is 1. The monoisotopic (exact) mass is 354 g/mol. The van der Waals surface area contributed by atoms with E-state index in [1.807, 2.05) is 29.6 Å². The summed E-state index contributed by atoms with van der Waals surface area (Å²) in [5, 5.41) is 5.96. The quantitative estimate of drug-likeness (QED) is 0.754. The SMILES string of the molecule is O=C(OCC12CC3CC(CC(C3)C1)C2)c1ccc(-c2csnn2)cc1. The molecule has 4 aliphatic carbocycles. The molecule has 4 aliphatic rings. The van der Waals surface area contributed by atoms with Gasteiger partial charge in [0.2, 0.25) is 0 Å². The molecule has 4 fully saturated rings. The van der Waals surface area contributed by atoms with Crippen LogP contribution in [0.5, 0.6) is 0 Å². The first-order chi connectivity index (χ1) is 12.2. The Labute approximate surface area is 151 Å². The number of aromatic nitrogens is 2. The van der Waals surface area contributed by atoms with Gasteiger partial charge in [0.25, 0.3) is 0 Å². The highest BCUT2D eigenvalue weighted by Gasteiger charge is 2.51. The molecule has 1 aromatic heterocycles. The molecule has 6 rings (SSSR count). The minimum absolute atomic E-state index is 0.196. The Balaban J connectivity index is 1.25. The van der Waals surface area contributed by atoms with Gasteiger partial charge >= 0.3 is 5.97 Å². The lowest BCUT2D eigenvalue weighted by Gasteiger charge is -2.56. The van der Waals surface area contributed by atoms with Gasteiger partial charge in [0.15, 0.2) is 0 Å². The number of rotatable bonds is 4. The molecule has 2 aromatic rings. The van der Waals surface area contributed by atoms with Crippen LogP contribution in [0.25, 0.3) is 11.3 Å². The highest BCUT2D eigenvalue weighted by Crippen LogP contribution is 2.60. The Hall–Kier alpha value is -1.75. The van der Waals surface area contributed by atoms with Crippen molar-refractivity contribution in [3.05, 3.63) is 35.2 Å². The smallest absolute Gasteiger partial charge is 0.338 e. The summed E-state index contributed by atoms with van der Waals surface area (Å²) >= 11 is 1.33. The van der Waals surface area contributed by atoms with Crippen LogP contribution in [0.15, 0.2) is 29.6 Å². The largest absolute Gasteiger partial charge is 0.462 e. The predicted molar refractivity (Wildman–Crippen MR) is 96.2 cm³/mol. The van der Waals surface area contributed by atoms with Gasteiger partial charge in [-0.25, -0.2) is 4.79 Å². The average molecular weight is 354 g/mol. The van der Waals surface area contributed by atoms with E-state index >= 15 is 0 Å². The number of carbonyl (C=O) groups is 1. The van der Waals surface area contributed by atoms with Gasteiger partial charge in [-0.3, -0.25) is 0 Å². The molecule has 0 saturated heterocycles. The molecular formula is C20H22N2O2S. The van der Waals surface area contributed by atoms with Crippen LogP contribution in [0.3, 0.4) is 0 Å². The summed E-state index contributed by atoms with van der Waals surface area (Å²) in [5.41, 5.74) is 2.72. The van der Waals surface area contributed by atoms with Gasteiger partial charge in [0.1, 0.15) is 5.69 Å². The summed E-state index contributed by atoms with van der Waals surface area (Å²) in [6, 6.07) is 7.49. The van der Waals surface area contributed by atoms with E-state index in [0.717, 1.165) is 29.0 Å². The van der Waals surface area contributed by atoms with Crippen molar-refractivity contribution >= 4 is 17.5 Å². The fourth-order valence-corrected chi connectivity index (χ4v) is 6.30. The molecule has 1 aromatic carbocycles. The first-order valence-electron chi connectivity index (χ1n) is 9.24. The van der Waals surface area contributed by atoms with Crippen molar-refractivity contribution in [1.29, 1.82) is 0 Å². The molecule has 0 aliphatic heterocycles. The molecule has 25 heavy (non-hydrogen) atoms. The second kappa shape index (κ2) is 5.90. The van der Waals surface area contributed by atoms with Crippen molar-refractivity contribution in [1.82, 2.24) is 9.59 Å². The molecule has 0 radical (unpaired) electrons. The van der Waals surface area contributed by atoms with Crippen molar-refractivity contribution in [2.75, 3.05) is 6.61 Å². The molecular weight excluding hydrogens is 332 g/mol. The van der Waals surface area contributed by atoms with E-state index in [-0.39, 0.29) is 11.4 Å². The van der Waals surface area contributed by atoms with Crippen LogP contribution < -0.4 is 0 Å². The summed E-state index contributed by atoms with van der Waals surface area (Å²) in [5.74, 6) is 2.46. The van der Waals surface area contributed by atoms with E-state index in [1.54, 1.807) is 0 Å². The first kappa shape index (κ1) is 15.5. The predicted octanol–water partition coefficient (Wildman–Crippen LogP) is 4.58. The van der Waals surface area contributed by atoms with Crippen molar-refractivity contribution in [2.24, 2.45) is 23.2 Å². The highest BCUT2D eigenvalue weighted by molar-refractivity contribution is 7.03. The maximum atomic E-state index is 12.5. The summed E-state index contributed by atoms with van der Waals surface area (Å²) in [6.45, 7) is 0.604. The van der Waals surface area contributed by atoms with Gasteiger partial charge in [0, 0.05) is 16.4 Å². The lowest BCUT2D eigenvalue weighted by molar-refractivity contribution is -0.0848. The minimum Gasteiger partial charge on any atom is -0.462 e. The molecule has 0 N–H and O–H groups in total. The number of ether oxygens (including phenoxy) is 1. The van der Waals surface area contributed by atoms with Crippen LogP contribution in [-0.4, -0.2) is 22.2 Å². The molecule has 4 saturated carbocycles. The molecule has 130 valence electrons.